The number of nitrogens with two attached hydrogens (primary N) is 1. The van der Waals surface area contributed by atoms with E-state index in [1.807, 2.05) is 32.9 Å². The van der Waals surface area contributed by atoms with E-state index >= 15 is 0 Å². The van der Waals surface area contributed by atoms with Crippen LogP contribution in [0.25, 0.3) is 0 Å². The van der Waals surface area contributed by atoms with Gasteiger partial charge in [-0.25, -0.2) is 4.79 Å². The zero-order chi connectivity index (χ0) is 11.5. The summed E-state index contributed by atoms with van der Waals surface area (Å²) in [5, 5.41) is 2.79. The highest BCUT2D eigenvalue weighted by atomic mass is 16.6. The molecule has 0 aliphatic heterocycles. The summed E-state index contributed by atoms with van der Waals surface area (Å²) in [6.07, 6.45) is 5.25. The van der Waals surface area contributed by atoms with Crippen molar-refractivity contribution in [2.75, 3.05) is 0 Å². The lowest BCUT2D eigenvalue weighted by molar-refractivity contribution is 0.0511. The molecular weight excluding hydrogens is 192 g/mol. The maximum absolute atomic E-state index is 11.4. The molecular formula is C11H20N2O2. The van der Waals surface area contributed by atoms with Crippen LogP contribution in [0.2, 0.25) is 0 Å². The lowest BCUT2D eigenvalue weighted by Gasteiger charge is -2.24. The van der Waals surface area contributed by atoms with Crippen LogP contribution in [0.3, 0.4) is 0 Å². The summed E-state index contributed by atoms with van der Waals surface area (Å²) in [6, 6.07) is 0.182. The Bertz CT molecular complexity index is 256. The van der Waals surface area contributed by atoms with Gasteiger partial charge in [0.25, 0.3) is 0 Å². The highest BCUT2D eigenvalue weighted by Crippen LogP contribution is 2.11. The molecule has 0 saturated carbocycles. The highest BCUT2D eigenvalue weighted by molar-refractivity contribution is 5.68. The third-order valence-electron chi connectivity index (χ3n) is 2.10. The zero-order valence-corrected chi connectivity index (χ0v) is 9.62. The molecule has 0 heterocycles. The molecule has 2 atom stereocenters. The summed E-state index contributed by atoms with van der Waals surface area (Å²) >= 11 is 0. The monoisotopic (exact) mass is 212 g/mol. The van der Waals surface area contributed by atoms with Gasteiger partial charge in [0.15, 0.2) is 0 Å². The Morgan fingerprint density at radius 2 is 2.07 bits per heavy atom. The summed E-state index contributed by atoms with van der Waals surface area (Å²) in [5.41, 5.74) is 5.25. The first-order valence-electron chi connectivity index (χ1n) is 5.30. The topological polar surface area (TPSA) is 64.3 Å². The molecule has 4 nitrogen and oxygen atoms in total. The Balaban J connectivity index is 2.36. The fourth-order valence-corrected chi connectivity index (χ4v) is 1.42. The van der Waals surface area contributed by atoms with E-state index in [1.54, 1.807) is 0 Å². The molecule has 0 bridgehead atoms. The van der Waals surface area contributed by atoms with E-state index in [-0.39, 0.29) is 18.2 Å². The van der Waals surface area contributed by atoms with E-state index in [2.05, 4.69) is 5.32 Å². The van der Waals surface area contributed by atoms with Gasteiger partial charge in [-0.05, 0) is 33.6 Å². The molecule has 1 amide bonds. The van der Waals surface area contributed by atoms with Crippen LogP contribution in [0.15, 0.2) is 12.2 Å². The van der Waals surface area contributed by atoms with Crippen molar-refractivity contribution in [2.45, 2.75) is 51.3 Å². The minimum atomic E-state index is -0.446. The number of nitrogens with one attached hydrogen (secondary N) is 1. The molecule has 0 aromatic heterocycles. The third-order valence-corrected chi connectivity index (χ3v) is 2.10. The second-order valence-corrected chi connectivity index (χ2v) is 4.88. The minimum absolute atomic E-state index is 0.0552. The Labute approximate surface area is 90.9 Å². The molecule has 0 saturated heterocycles. The molecule has 0 radical (unpaired) electrons. The van der Waals surface area contributed by atoms with Crippen LogP contribution in [0.4, 0.5) is 4.79 Å². The Kier molecular flexibility index (Phi) is 3.74. The standard InChI is InChI=1S/C11H20N2O2/c1-11(2,3)15-10(14)13-9-6-4-8(12)5-7-9/h4,6,8-9H,5,7,12H2,1-3H3,(H,13,14)/t8-,9-/m1/s1. The summed E-state index contributed by atoms with van der Waals surface area (Å²) in [4.78, 5) is 11.4. The van der Waals surface area contributed by atoms with Crippen molar-refractivity contribution in [3.05, 3.63) is 12.2 Å². The van der Waals surface area contributed by atoms with Crippen molar-refractivity contribution in [1.29, 1.82) is 0 Å². The van der Waals surface area contributed by atoms with Crippen LogP contribution in [0.5, 0.6) is 0 Å². The number of carbonyl (C=O) groups excluding carboxylic acids is 1. The zero-order valence-electron chi connectivity index (χ0n) is 9.62. The average molecular weight is 212 g/mol. The predicted molar refractivity (Wildman–Crippen MR) is 59.5 cm³/mol. The SMILES string of the molecule is CC(C)(C)OC(=O)N[C@@H]1C=C[C@@H](N)CC1. The van der Waals surface area contributed by atoms with E-state index in [1.165, 1.54) is 0 Å². The van der Waals surface area contributed by atoms with Gasteiger partial charge in [0.1, 0.15) is 5.60 Å². The molecule has 15 heavy (non-hydrogen) atoms. The van der Waals surface area contributed by atoms with E-state index in [0.29, 0.717) is 0 Å². The van der Waals surface area contributed by atoms with Gasteiger partial charge in [-0.3, -0.25) is 0 Å². The number of carbonyl (C=O) groups is 1. The maximum Gasteiger partial charge on any atom is 0.408 e. The Hall–Kier alpha value is -1.03. The normalized spacial score (nSPS) is 26.1. The van der Waals surface area contributed by atoms with Crippen molar-refractivity contribution in [3.8, 4) is 0 Å². The molecule has 3 N–H and O–H groups in total. The van der Waals surface area contributed by atoms with Gasteiger partial charge < -0.3 is 15.8 Å². The lowest BCUT2D eigenvalue weighted by Crippen LogP contribution is -2.40. The van der Waals surface area contributed by atoms with Gasteiger partial charge in [-0.15, -0.1) is 0 Å². The number of hydrogen-bond acceptors (Lipinski definition) is 3. The second-order valence-electron chi connectivity index (χ2n) is 4.88. The van der Waals surface area contributed by atoms with Gasteiger partial charge in [-0.1, -0.05) is 12.2 Å². The molecule has 0 spiro atoms. The van der Waals surface area contributed by atoms with Crippen molar-refractivity contribution in [1.82, 2.24) is 5.32 Å². The van der Waals surface area contributed by atoms with Crippen LogP contribution >= 0.6 is 0 Å². The number of alkyl carbamates (subject to hydrolysis) is 1. The molecule has 1 aliphatic rings. The second kappa shape index (κ2) is 4.66. The maximum atomic E-state index is 11.4. The van der Waals surface area contributed by atoms with Gasteiger partial charge in [0.05, 0.1) is 6.04 Å². The molecule has 1 rings (SSSR count). The first kappa shape index (κ1) is 12.0. The minimum Gasteiger partial charge on any atom is -0.444 e. The lowest BCUT2D eigenvalue weighted by atomic mass is 9.99. The largest absolute Gasteiger partial charge is 0.444 e. The third kappa shape index (κ3) is 4.83. The van der Waals surface area contributed by atoms with E-state index in [9.17, 15) is 4.79 Å². The van der Waals surface area contributed by atoms with Crippen molar-refractivity contribution < 1.29 is 9.53 Å². The van der Waals surface area contributed by atoms with Gasteiger partial charge in [-0.2, -0.15) is 0 Å². The van der Waals surface area contributed by atoms with Crippen LogP contribution in [-0.2, 0) is 4.74 Å². The predicted octanol–water partition coefficient (Wildman–Crippen LogP) is 1.56. The molecule has 0 aromatic carbocycles. The summed E-state index contributed by atoms with van der Waals surface area (Å²) < 4.78 is 5.15. The summed E-state index contributed by atoms with van der Waals surface area (Å²) in [6.45, 7) is 5.54. The van der Waals surface area contributed by atoms with Crippen molar-refractivity contribution in [3.63, 3.8) is 0 Å². The summed E-state index contributed by atoms with van der Waals surface area (Å²) in [7, 11) is 0. The number of amides is 1. The molecule has 86 valence electrons. The fraction of sp³-hybridized carbons (Fsp3) is 0.727. The number of rotatable bonds is 1. The molecule has 0 fully saturated rings. The summed E-state index contributed by atoms with van der Waals surface area (Å²) in [5.74, 6) is 0. The smallest absolute Gasteiger partial charge is 0.408 e. The van der Waals surface area contributed by atoms with E-state index < -0.39 is 5.60 Å². The van der Waals surface area contributed by atoms with Crippen LogP contribution in [0, 0.1) is 0 Å². The average Bonchev–Trinajstić information content (AvgIpc) is 2.05. The fourth-order valence-electron chi connectivity index (χ4n) is 1.42. The van der Waals surface area contributed by atoms with Crippen molar-refractivity contribution in [2.24, 2.45) is 5.73 Å². The van der Waals surface area contributed by atoms with Gasteiger partial charge in [0, 0.05) is 6.04 Å². The number of hydrogen-bond donors (Lipinski definition) is 2. The first-order chi connectivity index (χ1) is 6.87. The van der Waals surface area contributed by atoms with E-state index in [4.69, 9.17) is 10.5 Å². The van der Waals surface area contributed by atoms with Crippen molar-refractivity contribution >= 4 is 6.09 Å². The molecule has 0 unspecified atom stereocenters. The van der Waals surface area contributed by atoms with Crippen LogP contribution in [-0.4, -0.2) is 23.8 Å². The quantitative estimate of drug-likeness (QED) is 0.648. The molecule has 1 aliphatic carbocycles. The molecule has 0 aromatic rings. The Morgan fingerprint density at radius 3 is 2.53 bits per heavy atom. The molecule has 4 heteroatoms. The van der Waals surface area contributed by atoms with Crippen LogP contribution < -0.4 is 11.1 Å². The van der Waals surface area contributed by atoms with Crippen LogP contribution in [0.1, 0.15) is 33.6 Å². The van der Waals surface area contributed by atoms with E-state index in [0.717, 1.165) is 12.8 Å². The first-order valence-corrected chi connectivity index (χ1v) is 5.30. The van der Waals surface area contributed by atoms with Gasteiger partial charge >= 0.3 is 6.09 Å². The van der Waals surface area contributed by atoms with Gasteiger partial charge in [0.2, 0.25) is 0 Å². The highest BCUT2D eigenvalue weighted by Gasteiger charge is 2.20. The number of ether oxygens (including phenoxy) is 1. The Morgan fingerprint density at radius 1 is 1.40 bits per heavy atom.